The molecule has 0 radical (unpaired) electrons. The Balaban J connectivity index is 0.000000199. The molecule has 0 saturated carbocycles. The zero-order valence-electron chi connectivity index (χ0n) is 15.9. The molecule has 0 saturated heterocycles. The number of sulfonamides is 1. The molecule has 4 nitrogen and oxygen atoms in total. The van der Waals surface area contributed by atoms with Gasteiger partial charge in [0.15, 0.2) is 0 Å². The van der Waals surface area contributed by atoms with E-state index in [0.29, 0.717) is 0 Å². The number of hydrogen-bond donors (Lipinski definition) is 1. The molecule has 0 aliphatic heterocycles. The molecule has 1 aliphatic rings. The fourth-order valence-electron chi connectivity index (χ4n) is 3.07. The van der Waals surface area contributed by atoms with Gasteiger partial charge in [0.2, 0.25) is 0 Å². The zero-order chi connectivity index (χ0) is 19.6. The summed E-state index contributed by atoms with van der Waals surface area (Å²) in [6.07, 6.45) is -0.395. The van der Waals surface area contributed by atoms with E-state index in [-0.39, 0.29) is 34.5 Å². The molecule has 3 aromatic rings. The molecule has 140 valence electrons. The first-order valence-corrected chi connectivity index (χ1v) is 10.2. The van der Waals surface area contributed by atoms with Gasteiger partial charge < -0.3 is 9.35 Å². The second-order valence-corrected chi connectivity index (χ2v) is 8.32. The van der Waals surface area contributed by atoms with Gasteiger partial charge in [-0.3, -0.25) is 11.8 Å². The molecule has 1 atom stereocenters. The van der Waals surface area contributed by atoms with Crippen molar-refractivity contribution in [3.63, 3.8) is 0 Å². The van der Waals surface area contributed by atoms with Crippen LogP contribution in [0.25, 0.3) is 26.5 Å². The van der Waals surface area contributed by atoms with Crippen molar-refractivity contribution >= 4 is 21.8 Å². The average molecular weight is 424 g/mol. The molecule has 0 bridgehead atoms. The van der Waals surface area contributed by atoms with Gasteiger partial charge in [-0.1, -0.05) is 60.2 Å². The van der Waals surface area contributed by atoms with E-state index in [4.69, 9.17) is 11.8 Å². The van der Waals surface area contributed by atoms with Crippen molar-refractivity contribution in [3.05, 3.63) is 82.1 Å². The maximum Gasteiger partial charge on any atom is 1.00 e. The Morgan fingerprint density at radius 3 is 2.04 bits per heavy atom. The molecule has 0 heterocycles. The quantitative estimate of drug-likeness (QED) is 0.515. The van der Waals surface area contributed by atoms with Crippen LogP contribution < -0.4 is 29.6 Å². The minimum absolute atomic E-state index is 0. The predicted molar refractivity (Wildman–Crippen MR) is 109 cm³/mol. The Bertz CT molecular complexity index is 1070. The van der Waals surface area contributed by atoms with E-state index in [9.17, 15) is 13.5 Å². The molecule has 0 aromatic heterocycles. The topological polar surface area (TPSA) is 68.5 Å². The normalized spacial score (nSPS) is 12.3. The summed E-state index contributed by atoms with van der Waals surface area (Å²) in [5.41, 5.74) is 7.08. The molecule has 1 unspecified atom stereocenters. The number of fused-ring (bicyclic) bond motifs is 4. The third-order valence-electron chi connectivity index (χ3n) is 4.44. The van der Waals surface area contributed by atoms with Gasteiger partial charge in [-0.2, -0.15) is 0 Å². The van der Waals surface area contributed by atoms with Crippen molar-refractivity contribution in [2.45, 2.75) is 24.8 Å². The number of rotatable bonds is 3. The number of nitrogens with zero attached hydrogens (tertiary/aromatic N) is 1. The number of halogens is 1. The van der Waals surface area contributed by atoms with E-state index >= 15 is 0 Å². The molecular weight excluding hydrogens is 405 g/mol. The summed E-state index contributed by atoms with van der Waals surface area (Å²) in [5, 5.41) is 9.69. The fourth-order valence-corrected chi connectivity index (χ4v) is 3.87. The number of aliphatic hydroxyl groups is 1. The molecule has 1 aliphatic carbocycles. The third-order valence-corrected chi connectivity index (χ3v) is 6.04. The largest absolute Gasteiger partial charge is 1.00 e. The van der Waals surface area contributed by atoms with Crippen LogP contribution in [0.4, 0.5) is 0 Å². The van der Waals surface area contributed by atoms with Crippen LogP contribution in [-0.2, 0) is 10.0 Å². The van der Waals surface area contributed by atoms with Crippen molar-refractivity contribution in [3.8, 4) is 22.3 Å². The van der Waals surface area contributed by atoms with E-state index < -0.39 is 16.1 Å². The van der Waals surface area contributed by atoms with E-state index in [0.717, 1.165) is 11.1 Å². The SMILES string of the molecule is CC(O)c1cccc2c1-c1ccccc1-2.Cc1ccc(S(=O)(=O)[N-]Cl)cc1.[Na+]. The van der Waals surface area contributed by atoms with Crippen LogP contribution in [0.15, 0.2) is 71.6 Å². The first kappa shape index (κ1) is 23.1. The summed E-state index contributed by atoms with van der Waals surface area (Å²) >= 11 is 4.90. The number of benzene rings is 3. The molecular formula is C21H19ClNNaO3S. The van der Waals surface area contributed by atoms with Gasteiger partial charge in [0.25, 0.3) is 0 Å². The molecule has 1 N–H and O–H groups in total. The van der Waals surface area contributed by atoms with Crippen LogP contribution >= 0.6 is 11.8 Å². The van der Waals surface area contributed by atoms with Gasteiger partial charge in [-0.05, 0) is 53.8 Å². The molecule has 4 rings (SSSR count). The summed E-state index contributed by atoms with van der Waals surface area (Å²) < 4.78 is 24.8. The number of hydrogen-bond acceptors (Lipinski definition) is 3. The Kier molecular flexibility index (Phi) is 7.88. The van der Waals surface area contributed by atoms with Gasteiger partial charge in [0.1, 0.15) is 10.0 Å². The second kappa shape index (κ2) is 9.55. The van der Waals surface area contributed by atoms with Crippen molar-refractivity contribution in [1.29, 1.82) is 0 Å². The molecule has 0 amide bonds. The summed E-state index contributed by atoms with van der Waals surface area (Å²) in [4.78, 5) is 0.114. The van der Waals surface area contributed by atoms with Crippen molar-refractivity contribution in [2.75, 3.05) is 0 Å². The van der Waals surface area contributed by atoms with E-state index in [1.807, 2.05) is 32.0 Å². The summed E-state index contributed by atoms with van der Waals surface area (Å²) in [6, 6.07) is 20.8. The maximum atomic E-state index is 11.0. The monoisotopic (exact) mass is 423 g/mol. The summed E-state index contributed by atoms with van der Waals surface area (Å²) in [7, 11) is -3.62. The standard InChI is InChI=1S/C14H12O.C7H7ClNO2S.Na/c1-9(15)10-7-4-8-13-11-5-2-3-6-12(11)14(10)13;1-6-2-4-7(5-3-6)12(10,11)9-8;/h2-9,15H,1H3;2-5H,1H3;/q;-1;+1. The zero-order valence-corrected chi connectivity index (χ0v) is 19.5. The van der Waals surface area contributed by atoms with Gasteiger partial charge in [-0.25, -0.2) is 8.42 Å². The Morgan fingerprint density at radius 1 is 0.893 bits per heavy atom. The van der Waals surface area contributed by atoms with Gasteiger partial charge in [-0.15, -0.1) is 0 Å². The van der Waals surface area contributed by atoms with Crippen LogP contribution in [0.2, 0.25) is 0 Å². The number of aliphatic hydroxyl groups excluding tert-OH is 1. The molecule has 3 aromatic carbocycles. The van der Waals surface area contributed by atoms with Gasteiger partial charge in [0, 0.05) is 4.90 Å². The van der Waals surface area contributed by atoms with E-state index in [1.165, 1.54) is 34.4 Å². The molecule has 28 heavy (non-hydrogen) atoms. The summed E-state index contributed by atoms with van der Waals surface area (Å²) in [5.74, 6) is 0. The van der Waals surface area contributed by atoms with Crippen molar-refractivity contribution in [1.82, 2.24) is 0 Å². The van der Waals surface area contributed by atoms with Crippen LogP contribution in [0.5, 0.6) is 0 Å². The number of aryl methyl sites for hydroxylation is 1. The molecule has 0 fully saturated rings. The van der Waals surface area contributed by atoms with Crippen molar-refractivity contribution < 1.29 is 43.1 Å². The average Bonchev–Trinajstić information content (AvgIpc) is 2.66. The Hall–Kier alpha value is -1.18. The minimum atomic E-state index is -3.62. The van der Waals surface area contributed by atoms with Gasteiger partial charge in [0.05, 0.1) is 6.10 Å². The third kappa shape index (κ3) is 4.69. The van der Waals surface area contributed by atoms with E-state index in [2.05, 4.69) is 28.5 Å². The van der Waals surface area contributed by atoms with Crippen LogP contribution in [-0.4, -0.2) is 13.5 Å². The summed E-state index contributed by atoms with van der Waals surface area (Å²) in [6.45, 7) is 3.69. The molecule has 7 heteroatoms. The maximum absolute atomic E-state index is 11.0. The minimum Gasteiger partial charge on any atom is -0.458 e. The smallest absolute Gasteiger partial charge is 0.458 e. The Morgan fingerprint density at radius 2 is 1.46 bits per heavy atom. The first-order chi connectivity index (χ1) is 12.8. The fraction of sp³-hybridized carbons (Fsp3) is 0.143. The molecule has 0 spiro atoms. The predicted octanol–water partition coefficient (Wildman–Crippen LogP) is 2.60. The van der Waals surface area contributed by atoms with Crippen LogP contribution in [0, 0.1) is 6.92 Å². The Labute approximate surface area is 193 Å². The van der Waals surface area contributed by atoms with Crippen LogP contribution in [0.3, 0.4) is 0 Å². The van der Waals surface area contributed by atoms with E-state index in [1.54, 1.807) is 12.1 Å². The first-order valence-electron chi connectivity index (χ1n) is 8.41. The van der Waals surface area contributed by atoms with Crippen LogP contribution in [0.1, 0.15) is 24.2 Å². The van der Waals surface area contributed by atoms with Gasteiger partial charge >= 0.3 is 29.6 Å². The van der Waals surface area contributed by atoms with Crippen molar-refractivity contribution in [2.24, 2.45) is 0 Å². The second-order valence-electron chi connectivity index (χ2n) is 6.35.